The third-order valence-electron chi connectivity index (χ3n) is 2.21. The van der Waals surface area contributed by atoms with Crippen LogP contribution in [0.1, 0.15) is 27.2 Å². The lowest BCUT2D eigenvalue weighted by Gasteiger charge is -2.16. The fourth-order valence-corrected chi connectivity index (χ4v) is 1.45. The van der Waals surface area contributed by atoms with Crippen LogP contribution < -0.4 is 16.4 Å². The first kappa shape index (κ1) is 14.9. The van der Waals surface area contributed by atoms with Gasteiger partial charge in [0.25, 0.3) is 0 Å². The summed E-state index contributed by atoms with van der Waals surface area (Å²) in [5, 5.41) is 5.21. The van der Waals surface area contributed by atoms with Crippen LogP contribution in [0.25, 0.3) is 0 Å². The fourth-order valence-electron chi connectivity index (χ4n) is 1.45. The maximum atomic E-state index is 11.6. The third-order valence-corrected chi connectivity index (χ3v) is 2.21. The number of rotatable bonds is 7. The molecular formula is C11H23N3O2. The van der Waals surface area contributed by atoms with E-state index in [-0.39, 0.29) is 24.3 Å². The van der Waals surface area contributed by atoms with E-state index >= 15 is 0 Å². The van der Waals surface area contributed by atoms with Crippen molar-refractivity contribution in [1.82, 2.24) is 10.6 Å². The standard InChI is InChI=1S/C11H23N3O2/c1-4-13-10(15)7-14-11(16)9(6-12)5-8(2)3/h8-9H,4-7,12H2,1-3H3,(H,13,15)(H,14,16). The molecule has 0 radical (unpaired) electrons. The van der Waals surface area contributed by atoms with E-state index in [0.717, 1.165) is 6.42 Å². The Morgan fingerprint density at radius 2 is 1.88 bits per heavy atom. The largest absolute Gasteiger partial charge is 0.355 e. The van der Waals surface area contributed by atoms with Crippen molar-refractivity contribution in [2.75, 3.05) is 19.6 Å². The highest BCUT2D eigenvalue weighted by atomic mass is 16.2. The Balaban J connectivity index is 3.97. The Bertz CT molecular complexity index is 229. The molecule has 16 heavy (non-hydrogen) atoms. The van der Waals surface area contributed by atoms with Gasteiger partial charge in [-0.15, -0.1) is 0 Å². The van der Waals surface area contributed by atoms with E-state index in [2.05, 4.69) is 10.6 Å². The summed E-state index contributed by atoms with van der Waals surface area (Å²) in [6.45, 7) is 6.84. The number of nitrogens with one attached hydrogen (secondary N) is 2. The van der Waals surface area contributed by atoms with Crippen molar-refractivity contribution in [3.05, 3.63) is 0 Å². The zero-order valence-electron chi connectivity index (χ0n) is 10.4. The molecule has 5 heteroatoms. The second-order valence-corrected chi connectivity index (χ2v) is 4.23. The minimum atomic E-state index is -0.200. The molecule has 0 saturated heterocycles. The van der Waals surface area contributed by atoms with E-state index in [1.54, 1.807) is 0 Å². The normalized spacial score (nSPS) is 12.3. The smallest absolute Gasteiger partial charge is 0.239 e. The number of amides is 2. The van der Waals surface area contributed by atoms with E-state index in [1.807, 2.05) is 20.8 Å². The molecule has 0 aromatic heterocycles. The molecule has 0 fully saturated rings. The van der Waals surface area contributed by atoms with Gasteiger partial charge in [0.15, 0.2) is 0 Å². The monoisotopic (exact) mass is 229 g/mol. The molecule has 4 N–H and O–H groups in total. The van der Waals surface area contributed by atoms with Crippen molar-refractivity contribution in [3.8, 4) is 0 Å². The van der Waals surface area contributed by atoms with Crippen LogP contribution >= 0.6 is 0 Å². The summed E-state index contributed by atoms with van der Waals surface area (Å²) in [6.07, 6.45) is 0.748. The SMILES string of the molecule is CCNC(=O)CNC(=O)C(CN)CC(C)C. The van der Waals surface area contributed by atoms with Gasteiger partial charge in [-0.1, -0.05) is 13.8 Å². The van der Waals surface area contributed by atoms with Gasteiger partial charge < -0.3 is 16.4 Å². The van der Waals surface area contributed by atoms with Gasteiger partial charge in [-0.05, 0) is 19.3 Å². The second kappa shape index (κ2) is 8.10. The number of carbonyl (C=O) groups excluding carboxylic acids is 2. The topological polar surface area (TPSA) is 84.2 Å². The molecule has 5 nitrogen and oxygen atoms in total. The van der Waals surface area contributed by atoms with Crippen molar-refractivity contribution >= 4 is 11.8 Å². The number of carbonyl (C=O) groups is 2. The lowest BCUT2D eigenvalue weighted by molar-refractivity contribution is -0.128. The van der Waals surface area contributed by atoms with E-state index < -0.39 is 0 Å². The lowest BCUT2D eigenvalue weighted by atomic mass is 9.96. The van der Waals surface area contributed by atoms with Crippen LogP contribution in [0.15, 0.2) is 0 Å². The van der Waals surface area contributed by atoms with Crippen LogP contribution in [0.5, 0.6) is 0 Å². The van der Waals surface area contributed by atoms with E-state index in [0.29, 0.717) is 19.0 Å². The van der Waals surface area contributed by atoms with Crippen molar-refractivity contribution in [2.24, 2.45) is 17.6 Å². The number of nitrogens with two attached hydrogens (primary N) is 1. The van der Waals surface area contributed by atoms with E-state index in [4.69, 9.17) is 5.73 Å². The second-order valence-electron chi connectivity index (χ2n) is 4.23. The summed E-state index contributed by atoms with van der Waals surface area (Å²) in [7, 11) is 0. The molecule has 0 rings (SSSR count). The molecule has 0 aromatic rings. The highest BCUT2D eigenvalue weighted by molar-refractivity contribution is 5.85. The van der Waals surface area contributed by atoms with Gasteiger partial charge in [-0.2, -0.15) is 0 Å². The molecule has 1 unspecified atom stereocenters. The summed E-state index contributed by atoms with van der Waals surface area (Å²) in [5.41, 5.74) is 5.53. The lowest BCUT2D eigenvalue weighted by Crippen LogP contribution is -2.41. The predicted octanol–water partition coefficient (Wildman–Crippen LogP) is -0.140. The molecule has 0 aliphatic rings. The van der Waals surface area contributed by atoms with Gasteiger partial charge in [-0.25, -0.2) is 0 Å². The summed E-state index contributed by atoms with van der Waals surface area (Å²) < 4.78 is 0. The molecule has 0 aliphatic carbocycles. The fraction of sp³-hybridized carbons (Fsp3) is 0.818. The molecule has 0 heterocycles. The number of likely N-dealkylation sites (N-methyl/N-ethyl adjacent to an activating group) is 1. The zero-order chi connectivity index (χ0) is 12.6. The van der Waals surface area contributed by atoms with Crippen molar-refractivity contribution in [3.63, 3.8) is 0 Å². The minimum absolute atomic E-state index is 0.0290. The molecule has 0 aliphatic heterocycles. The van der Waals surface area contributed by atoms with Gasteiger partial charge in [-0.3, -0.25) is 9.59 Å². The van der Waals surface area contributed by atoms with Crippen molar-refractivity contribution in [2.45, 2.75) is 27.2 Å². The van der Waals surface area contributed by atoms with Crippen LogP contribution in [0.2, 0.25) is 0 Å². The van der Waals surface area contributed by atoms with Gasteiger partial charge >= 0.3 is 0 Å². The average Bonchev–Trinajstić information content (AvgIpc) is 2.22. The predicted molar refractivity (Wildman–Crippen MR) is 63.7 cm³/mol. The van der Waals surface area contributed by atoms with Crippen molar-refractivity contribution < 1.29 is 9.59 Å². The molecule has 0 spiro atoms. The van der Waals surface area contributed by atoms with Crippen LogP contribution in [-0.2, 0) is 9.59 Å². The maximum absolute atomic E-state index is 11.6. The first-order valence-corrected chi connectivity index (χ1v) is 5.75. The average molecular weight is 229 g/mol. The Hall–Kier alpha value is -1.10. The van der Waals surface area contributed by atoms with Gasteiger partial charge in [0, 0.05) is 13.1 Å². The maximum Gasteiger partial charge on any atom is 0.239 e. The highest BCUT2D eigenvalue weighted by Gasteiger charge is 2.18. The van der Waals surface area contributed by atoms with Gasteiger partial charge in [0.05, 0.1) is 12.5 Å². The zero-order valence-corrected chi connectivity index (χ0v) is 10.4. The Labute approximate surface area is 97.2 Å². The van der Waals surface area contributed by atoms with Crippen LogP contribution in [0.4, 0.5) is 0 Å². The van der Waals surface area contributed by atoms with Crippen LogP contribution in [-0.4, -0.2) is 31.4 Å². The van der Waals surface area contributed by atoms with Crippen LogP contribution in [0.3, 0.4) is 0 Å². The molecule has 0 aromatic carbocycles. The summed E-state index contributed by atoms with van der Waals surface area (Å²) in [6, 6.07) is 0. The van der Waals surface area contributed by atoms with E-state index in [1.165, 1.54) is 0 Å². The molecule has 1 atom stereocenters. The quantitative estimate of drug-likeness (QED) is 0.568. The summed E-state index contributed by atoms with van der Waals surface area (Å²) in [5.74, 6) is -0.0863. The number of hydrogen-bond acceptors (Lipinski definition) is 3. The molecule has 94 valence electrons. The number of hydrogen-bond donors (Lipinski definition) is 3. The van der Waals surface area contributed by atoms with Gasteiger partial charge in [0.2, 0.25) is 11.8 Å². The highest BCUT2D eigenvalue weighted by Crippen LogP contribution is 2.10. The Morgan fingerprint density at radius 1 is 1.25 bits per heavy atom. The van der Waals surface area contributed by atoms with Gasteiger partial charge in [0.1, 0.15) is 0 Å². The van der Waals surface area contributed by atoms with Crippen molar-refractivity contribution in [1.29, 1.82) is 0 Å². The molecular weight excluding hydrogens is 206 g/mol. The van der Waals surface area contributed by atoms with Crippen LogP contribution in [0, 0.1) is 11.8 Å². The Morgan fingerprint density at radius 3 is 2.31 bits per heavy atom. The molecule has 0 saturated carbocycles. The first-order valence-electron chi connectivity index (χ1n) is 5.75. The minimum Gasteiger partial charge on any atom is -0.355 e. The summed E-state index contributed by atoms with van der Waals surface area (Å²) in [4.78, 5) is 22.8. The Kier molecular flexibility index (Phi) is 7.54. The molecule has 0 bridgehead atoms. The summed E-state index contributed by atoms with van der Waals surface area (Å²) >= 11 is 0. The first-order chi connectivity index (χ1) is 7.51. The molecule has 2 amide bonds. The third kappa shape index (κ3) is 6.40. The van der Waals surface area contributed by atoms with E-state index in [9.17, 15) is 9.59 Å².